The Morgan fingerprint density at radius 3 is 2.55 bits per heavy atom. The maximum atomic E-state index is 11.7. The van der Waals surface area contributed by atoms with Crippen LogP contribution in [0.5, 0.6) is 0 Å². The maximum Gasteiger partial charge on any atom is 0.407 e. The Morgan fingerprint density at radius 1 is 1.09 bits per heavy atom. The second-order valence-electron chi connectivity index (χ2n) is 6.64. The number of rotatable bonds is 11. The molecule has 0 aromatic heterocycles. The summed E-state index contributed by atoms with van der Waals surface area (Å²) in [5.74, 6) is 0. The molecular formula is C18H36N2O2. The summed E-state index contributed by atoms with van der Waals surface area (Å²) < 4.78 is 5.27. The third kappa shape index (κ3) is 10.0. The first-order valence-corrected chi connectivity index (χ1v) is 9.38. The van der Waals surface area contributed by atoms with Gasteiger partial charge in [0.2, 0.25) is 0 Å². The number of amides is 1. The van der Waals surface area contributed by atoms with Crippen LogP contribution >= 0.6 is 0 Å². The van der Waals surface area contributed by atoms with Gasteiger partial charge in [-0.2, -0.15) is 0 Å². The van der Waals surface area contributed by atoms with Crippen LogP contribution in [0.25, 0.3) is 0 Å². The van der Waals surface area contributed by atoms with Crippen molar-refractivity contribution >= 4 is 6.09 Å². The van der Waals surface area contributed by atoms with Gasteiger partial charge in [-0.25, -0.2) is 4.79 Å². The van der Waals surface area contributed by atoms with Crippen molar-refractivity contribution in [2.24, 2.45) is 0 Å². The lowest BCUT2D eigenvalue weighted by Gasteiger charge is -2.26. The van der Waals surface area contributed by atoms with Gasteiger partial charge in [0.1, 0.15) is 0 Å². The molecule has 0 aliphatic carbocycles. The summed E-state index contributed by atoms with van der Waals surface area (Å²) in [6.07, 6.45) is 12.1. The molecule has 0 saturated carbocycles. The molecule has 0 aromatic carbocycles. The van der Waals surface area contributed by atoms with E-state index in [2.05, 4.69) is 24.1 Å². The normalized spacial score (nSPS) is 17.2. The van der Waals surface area contributed by atoms with Gasteiger partial charge in [0, 0.05) is 12.6 Å². The van der Waals surface area contributed by atoms with Crippen LogP contribution in [-0.4, -0.2) is 43.3 Å². The second kappa shape index (κ2) is 12.7. The standard InChI is InChI=1S/C18H36N2O2/c1-3-4-5-6-8-12-17(2)19-18(21)22-16-11-15-20-13-9-7-10-14-20/h17H,3-16H2,1-2H3,(H,19,21). The molecule has 1 rings (SSSR count). The molecule has 4 nitrogen and oxygen atoms in total. The lowest BCUT2D eigenvalue weighted by Crippen LogP contribution is -2.34. The molecule has 1 atom stereocenters. The number of ether oxygens (including phenoxy) is 1. The van der Waals surface area contributed by atoms with Crippen LogP contribution in [-0.2, 0) is 4.74 Å². The van der Waals surface area contributed by atoms with E-state index in [1.165, 1.54) is 64.5 Å². The summed E-state index contributed by atoms with van der Waals surface area (Å²) in [7, 11) is 0. The number of hydrogen-bond donors (Lipinski definition) is 1. The van der Waals surface area contributed by atoms with Crippen molar-refractivity contribution in [2.75, 3.05) is 26.2 Å². The Kier molecular flexibility index (Phi) is 11.2. The fourth-order valence-electron chi connectivity index (χ4n) is 3.01. The summed E-state index contributed by atoms with van der Waals surface area (Å²) in [6.45, 7) is 8.30. The smallest absolute Gasteiger partial charge is 0.407 e. The average Bonchev–Trinajstić information content (AvgIpc) is 2.52. The molecule has 0 aromatic rings. The van der Waals surface area contributed by atoms with E-state index in [-0.39, 0.29) is 12.1 Å². The molecule has 4 heteroatoms. The van der Waals surface area contributed by atoms with Gasteiger partial charge in [0.15, 0.2) is 0 Å². The molecule has 1 unspecified atom stereocenters. The van der Waals surface area contributed by atoms with Gasteiger partial charge in [-0.1, -0.05) is 45.4 Å². The number of carbonyl (C=O) groups is 1. The van der Waals surface area contributed by atoms with Crippen LogP contribution in [0.3, 0.4) is 0 Å². The van der Waals surface area contributed by atoms with Crippen molar-refractivity contribution in [3.05, 3.63) is 0 Å². The van der Waals surface area contributed by atoms with E-state index in [1.807, 2.05) is 0 Å². The minimum Gasteiger partial charge on any atom is -0.450 e. The molecule has 1 saturated heterocycles. The monoisotopic (exact) mass is 312 g/mol. The first-order valence-electron chi connectivity index (χ1n) is 9.38. The molecule has 0 bridgehead atoms. The number of unbranched alkanes of at least 4 members (excludes halogenated alkanes) is 4. The van der Waals surface area contributed by atoms with Crippen LogP contribution in [0.4, 0.5) is 4.79 Å². The average molecular weight is 312 g/mol. The molecule has 130 valence electrons. The van der Waals surface area contributed by atoms with Crippen molar-refractivity contribution in [3.63, 3.8) is 0 Å². The summed E-state index contributed by atoms with van der Waals surface area (Å²) >= 11 is 0. The van der Waals surface area contributed by atoms with E-state index in [4.69, 9.17) is 4.74 Å². The van der Waals surface area contributed by atoms with Crippen LogP contribution in [0, 0.1) is 0 Å². The van der Waals surface area contributed by atoms with Crippen LogP contribution in [0.2, 0.25) is 0 Å². The minimum atomic E-state index is -0.250. The van der Waals surface area contributed by atoms with Crippen molar-refractivity contribution in [3.8, 4) is 0 Å². The molecule has 1 heterocycles. The Balaban J connectivity index is 1.93. The van der Waals surface area contributed by atoms with Gasteiger partial charge in [0.05, 0.1) is 6.61 Å². The fraction of sp³-hybridized carbons (Fsp3) is 0.944. The Hall–Kier alpha value is -0.770. The number of nitrogens with one attached hydrogen (secondary N) is 1. The fourth-order valence-corrected chi connectivity index (χ4v) is 3.01. The van der Waals surface area contributed by atoms with Crippen LogP contribution in [0.1, 0.15) is 78.1 Å². The zero-order chi connectivity index (χ0) is 16.0. The number of alkyl carbamates (subject to hydrolysis) is 1. The summed E-state index contributed by atoms with van der Waals surface area (Å²) in [6, 6.07) is 0.219. The van der Waals surface area contributed by atoms with Crippen molar-refractivity contribution in [1.29, 1.82) is 0 Å². The minimum absolute atomic E-state index is 0.219. The van der Waals surface area contributed by atoms with Gasteiger partial charge >= 0.3 is 6.09 Å². The Bertz CT molecular complexity index is 278. The highest BCUT2D eigenvalue weighted by atomic mass is 16.5. The predicted octanol–water partition coefficient (Wildman–Crippen LogP) is 4.34. The lowest BCUT2D eigenvalue weighted by atomic mass is 10.1. The number of piperidine rings is 1. The molecular weight excluding hydrogens is 276 g/mol. The van der Waals surface area contributed by atoms with E-state index in [1.54, 1.807) is 0 Å². The van der Waals surface area contributed by atoms with E-state index in [9.17, 15) is 4.79 Å². The number of likely N-dealkylation sites (tertiary alicyclic amines) is 1. The molecule has 0 radical (unpaired) electrons. The van der Waals surface area contributed by atoms with Gasteiger partial charge < -0.3 is 15.0 Å². The third-order valence-corrected chi connectivity index (χ3v) is 4.41. The van der Waals surface area contributed by atoms with Crippen LogP contribution in [0.15, 0.2) is 0 Å². The lowest BCUT2D eigenvalue weighted by molar-refractivity contribution is 0.132. The Labute approximate surface area is 137 Å². The van der Waals surface area contributed by atoms with Crippen LogP contribution < -0.4 is 5.32 Å². The quantitative estimate of drug-likeness (QED) is 0.577. The zero-order valence-corrected chi connectivity index (χ0v) is 14.7. The molecule has 1 amide bonds. The first-order chi connectivity index (χ1) is 10.7. The van der Waals surface area contributed by atoms with E-state index in [0.29, 0.717) is 6.61 Å². The molecule has 1 N–H and O–H groups in total. The summed E-state index contributed by atoms with van der Waals surface area (Å²) in [5.41, 5.74) is 0. The van der Waals surface area contributed by atoms with Gasteiger partial charge in [0.25, 0.3) is 0 Å². The first kappa shape index (κ1) is 19.3. The Morgan fingerprint density at radius 2 is 1.82 bits per heavy atom. The molecule has 0 spiro atoms. The molecule has 22 heavy (non-hydrogen) atoms. The summed E-state index contributed by atoms with van der Waals surface area (Å²) in [5, 5.41) is 2.93. The number of nitrogens with zero attached hydrogens (tertiary/aromatic N) is 1. The van der Waals surface area contributed by atoms with E-state index < -0.39 is 0 Å². The van der Waals surface area contributed by atoms with E-state index >= 15 is 0 Å². The molecule has 1 fully saturated rings. The number of carbonyl (C=O) groups excluding carboxylic acids is 1. The third-order valence-electron chi connectivity index (χ3n) is 4.41. The topological polar surface area (TPSA) is 41.6 Å². The SMILES string of the molecule is CCCCCCCC(C)NC(=O)OCCCN1CCCCC1. The molecule has 1 aliphatic rings. The zero-order valence-electron chi connectivity index (χ0n) is 14.7. The van der Waals surface area contributed by atoms with Gasteiger partial charge in [-0.05, 0) is 45.7 Å². The van der Waals surface area contributed by atoms with Crippen molar-refractivity contribution in [2.45, 2.75) is 84.1 Å². The highest BCUT2D eigenvalue weighted by Gasteiger charge is 2.11. The molecule has 1 aliphatic heterocycles. The predicted molar refractivity (Wildman–Crippen MR) is 92.2 cm³/mol. The maximum absolute atomic E-state index is 11.7. The summed E-state index contributed by atoms with van der Waals surface area (Å²) in [4.78, 5) is 14.2. The highest BCUT2D eigenvalue weighted by molar-refractivity contribution is 5.67. The second-order valence-corrected chi connectivity index (χ2v) is 6.64. The largest absolute Gasteiger partial charge is 0.450 e. The van der Waals surface area contributed by atoms with Crippen molar-refractivity contribution in [1.82, 2.24) is 10.2 Å². The van der Waals surface area contributed by atoms with Crippen molar-refractivity contribution < 1.29 is 9.53 Å². The van der Waals surface area contributed by atoms with E-state index in [0.717, 1.165) is 19.4 Å². The van der Waals surface area contributed by atoms with Gasteiger partial charge in [-0.3, -0.25) is 0 Å². The van der Waals surface area contributed by atoms with Gasteiger partial charge in [-0.15, -0.1) is 0 Å². The highest BCUT2D eigenvalue weighted by Crippen LogP contribution is 2.09. The number of hydrogen-bond acceptors (Lipinski definition) is 3.